The van der Waals surface area contributed by atoms with E-state index < -0.39 is 7.22 Å². The summed E-state index contributed by atoms with van der Waals surface area (Å²) in [6.45, 7) is 1.28. The van der Waals surface area contributed by atoms with Gasteiger partial charge in [0.25, 0.3) is 7.22 Å². The van der Waals surface area contributed by atoms with E-state index in [4.69, 9.17) is 20.7 Å². The average Bonchev–Trinajstić information content (AvgIpc) is 1.86. The Morgan fingerprint density at radius 1 is 1.88 bits per heavy atom. The second-order valence-electron chi connectivity index (χ2n) is 1.69. The van der Waals surface area contributed by atoms with Crippen molar-refractivity contribution in [1.82, 2.24) is 4.67 Å². The minimum Gasteiger partial charge on any atom is -0.333 e. The fourth-order valence-electron chi connectivity index (χ4n) is 0.511. The van der Waals surface area contributed by atoms with E-state index in [0.29, 0.717) is 6.61 Å². The van der Waals surface area contributed by atoms with Crippen LogP contribution in [-0.4, -0.2) is 29.8 Å². The standard InChI is InChI=1S/C3H8ClNO2P/c1-5-2-3-7-8(5,4)6/h6H,2-3H2,1H3. The Morgan fingerprint density at radius 3 is 2.62 bits per heavy atom. The molecule has 0 amide bonds. The van der Waals surface area contributed by atoms with Crippen LogP contribution in [0.3, 0.4) is 0 Å². The Balaban J connectivity index is 2.54. The first kappa shape index (κ1) is 6.72. The van der Waals surface area contributed by atoms with Crippen LogP contribution in [0, 0.1) is 0 Å². The normalized spacial score (nSPS) is 40.9. The molecule has 1 rings (SSSR count). The molecule has 0 bridgehead atoms. The van der Waals surface area contributed by atoms with Crippen molar-refractivity contribution >= 4 is 18.5 Å². The van der Waals surface area contributed by atoms with Crippen LogP contribution in [0.25, 0.3) is 0 Å². The molecule has 0 aliphatic carbocycles. The Kier molecular flexibility index (Phi) is 1.75. The van der Waals surface area contributed by atoms with Crippen molar-refractivity contribution in [2.24, 2.45) is 0 Å². The van der Waals surface area contributed by atoms with E-state index in [1.54, 1.807) is 11.7 Å². The lowest BCUT2D eigenvalue weighted by Crippen LogP contribution is -2.09. The van der Waals surface area contributed by atoms with Crippen LogP contribution in [0.15, 0.2) is 0 Å². The van der Waals surface area contributed by atoms with Crippen molar-refractivity contribution in [3.05, 3.63) is 0 Å². The molecule has 0 aromatic carbocycles. The van der Waals surface area contributed by atoms with E-state index in [1.165, 1.54) is 0 Å². The predicted molar refractivity (Wildman–Crippen MR) is 33.6 cm³/mol. The highest BCUT2D eigenvalue weighted by atomic mass is 35.7. The van der Waals surface area contributed by atoms with Crippen LogP contribution >= 0.6 is 18.5 Å². The van der Waals surface area contributed by atoms with Gasteiger partial charge >= 0.3 is 0 Å². The maximum atomic E-state index is 9.04. The van der Waals surface area contributed by atoms with Gasteiger partial charge < -0.3 is 9.42 Å². The van der Waals surface area contributed by atoms with Crippen LogP contribution in [-0.2, 0) is 4.52 Å². The minimum absolute atomic E-state index is 0.546. The number of likely N-dealkylation sites (N-methyl/N-ethyl adjacent to an activating group) is 1. The van der Waals surface area contributed by atoms with Gasteiger partial charge in [0.1, 0.15) is 0 Å². The smallest absolute Gasteiger partial charge is 0.264 e. The summed E-state index contributed by atoms with van der Waals surface area (Å²) in [4.78, 5) is 9.04. The first-order chi connectivity index (χ1) is 3.63. The fourth-order valence-corrected chi connectivity index (χ4v) is 1.78. The van der Waals surface area contributed by atoms with Gasteiger partial charge in [-0.2, -0.15) is 0 Å². The Bertz CT molecular complexity index is 99.3. The first-order valence-corrected chi connectivity index (χ1v) is 4.82. The second kappa shape index (κ2) is 2.09. The Labute approximate surface area is 53.5 Å². The molecule has 3 nitrogen and oxygen atoms in total. The van der Waals surface area contributed by atoms with Gasteiger partial charge in [-0.05, 0) is 18.3 Å². The lowest BCUT2D eigenvalue weighted by molar-refractivity contribution is 0.349. The van der Waals surface area contributed by atoms with Crippen LogP contribution in [0.4, 0.5) is 0 Å². The van der Waals surface area contributed by atoms with Gasteiger partial charge in [0.15, 0.2) is 0 Å². The van der Waals surface area contributed by atoms with Crippen molar-refractivity contribution in [2.45, 2.75) is 0 Å². The van der Waals surface area contributed by atoms with Crippen molar-refractivity contribution in [1.29, 1.82) is 0 Å². The third-order valence-electron chi connectivity index (χ3n) is 1.09. The quantitative estimate of drug-likeness (QED) is 0.528. The highest BCUT2D eigenvalue weighted by molar-refractivity contribution is 7.89. The summed E-state index contributed by atoms with van der Waals surface area (Å²) in [6.07, 6.45) is 0. The van der Waals surface area contributed by atoms with Gasteiger partial charge in [0.2, 0.25) is 0 Å². The number of rotatable bonds is 0. The summed E-state index contributed by atoms with van der Waals surface area (Å²) in [5, 5.41) is 0. The van der Waals surface area contributed by atoms with Gasteiger partial charge in [-0.3, -0.25) is 0 Å². The van der Waals surface area contributed by atoms with Gasteiger partial charge in [0, 0.05) is 6.54 Å². The molecule has 1 fully saturated rings. The summed E-state index contributed by atoms with van der Waals surface area (Å²) in [5.41, 5.74) is 0. The van der Waals surface area contributed by atoms with E-state index in [-0.39, 0.29) is 0 Å². The van der Waals surface area contributed by atoms with Crippen molar-refractivity contribution in [3.63, 3.8) is 0 Å². The third kappa shape index (κ3) is 1.12. The molecule has 0 spiro atoms. The molecule has 49 valence electrons. The molecule has 0 aromatic rings. The van der Waals surface area contributed by atoms with Gasteiger partial charge in [-0.15, -0.1) is 0 Å². The molecule has 1 heterocycles. The van der Waals surface area contributed by atoms with Gasteiger partial charge in [0.05, 0.1) is 6.61 Å². The summed E-state index contributed by atoms with van der Waals surface area (Å²) in [6, 6.07) is 0. The van der Waals surface area contributed by atoms with Crippen LogP contribution in [0.1, 0.15) is 0 Å². The van der Waals surface area contributed by atoms with Crippen LogP contribution in [0.5, 0.6) is 0 Å². The third-order valence-corrected chi connectivity index (χ3v) is 3.71. The molecule has 1 radical (unpaired) electrons. The molecule has 1 unspecified atom stereocenters. The highest BCUT2D eigenvalue weighted by Crippen LogP contribution is 2.65. The lowest BCUT2D eigenvalue weighted by Gasteiger charge is -2.20. The van der Waals surface area contributed by atoms with Crippen molar-refractivity contribution in [3.8, 4) is 0 Å². The van der Waals surface area contributed by atoms with E-state index in [9.17, 15) is 0 Å². The van der Waals surface area contributed by atoms with E-state index in [0.717, 1.165) is 6.54 Å². The van der Waals surface area contributed by atoms with Crippen molar-refractivity contribution in [2.75, 3.05) is 20.2 Å². The Morgan fingerprint density at radius 2 is 2.50 bits per heavy atom. The summed E-state index contributed by atoms with van der Waals surface area (Å²) < 4.78 is 6.44. The Hall–Kier alpha value is 0.600. The van der Waals surface area contributed by atoms with Gasteiger partial charge in [-0.1, -0.05) is 0 Å². The molecule has 1 N–H and O–H groups in total. The number of nitrogens with zero attached hydrogens (tertiary/aromatic N) is 1. The zero-order valence-corrected chi connectivity index (χ0v) is 6.19. The lowest BCUT2D eigenvalue weighted by atomic mass is 10.7. The monoisotopic (exact) mass is 156 g/mol. The molecule has 1 aliphatic rings. The minimum atomic E-state index is -2.58. The molecular formula is C3H8ClNO2P. The number of hydrogen-bond donors (Lipinski definition) is 1. The second-order valence-corrected chi connectivity index (χ2v) is 4.90. The van der Waals surface area contributed by atoms with Crippen LogP contribution in [0.2, 0.25) is 0 Å². The van der Waals surface area contributed by atoms with E-state index in [1.807, 2.05) is 0 Å². The fraction of sp³-hybridized carbons (Fsp3) is 1.00. The molecule has 1 aliphatic heterocycles. The summed E-state index contributed by atoms with van der Waals surface area (Å²) in [5.74, 6) is 0. The first-order valence-electron chi connectivity index (χ1n) is 2.30. The van der Waals surface area contributed by atoms with Crippen molar-refractivity contribution < 1.29 is 9.42 Å². The number of halogens is 1. The molecule has 0 saturated carbocycles. The zero-order chi connectivity index (χ0) is 6.20. The maximum Gasteiger partial charge on any atom is 0.264 e. The average molecular weight is 157 g/mol. The van der Waals surface area contributed by atoms with Crippen LogP contribution < -0.4 is 0 Å². The summed E-state index contributed by atoms with van der Waals surface area (Å²) in [7, 11) is -0.835. The SMILES string of the molecule is CN1CCO[P]1(O)Cl. The summed E-state index contributed by atoms with van der Waals surface area (Å²) >= 11 is 5.49. The van der Waals surface area contributed by atoms with Gasteiger partial charge in [-0.25, -0.2) is 4.67 Å². The topological polar surface area (TPSA) is 32.7 Å². The van der Waals surface area contributed by atoms with E-state index >= 15 is 0 Å². The molecule has 5 heteroatoms. The highest BCUT2D eigenvalue weighted by Gasteiger charge is 2.33. The molecular weight excluding hydrogens is 148 g/mol. The zero-order valence-electron chi connectivity index (χ0n) is 4.54. The molecule has 1 atom stereocenters. The predicted octanol–water partition coefficient (Wildman–Crippen LogP) is 0.857. The molecule has 0 aromatic heterocycles. The number of hydrogen-bond acceptors (Lipinski definition) is 3. The van der Waals surface area contributed by atoms with E-state index in [2.05, 4.69) is 0 Å². The molecule has 1 saturated heterocycles. The molecule has 8 heavy (non-hydrogen) atoms. The maximum absolute atomic E-state index is 9.04. The largest absolute Gasteiger partial charge is 0.333 e.